The summed E-state index contributed by atoms with van der Waals surface area (Å²) in [5.74, 6) is -0.260. The van der Waals surface area contributed by atoms with Gasteiger partial charge in [-0.05, 0) is 61.4 Å². The number of aryl methyl sites for hydroxylation is 1. The SMILES string of the molecule is CCc1sc2ccccc2c1CN1CCN2C(=O)C(C)(C)N(CCc3ccc(F)cc3)C(=O)C2C1. The highest BCUT2D eigenvalue weighted by molar-refractivity contribution is 7.19. The van der Waals surface area contributed by atoms with Crippen molar-refractivity contribution in [3.05, 3.63) is 70.4 Å². The van der Waals surface area contributed by atoms with Gasteiger partial charge in [-0.15, -0.1) is 11.3 Å². The van der Waals surface area contributed by atoms with Crippen LogP contribution in [0.3, 0.4) is 0 Å². The van der Waals surface area contributed by atoms with E-state index in [1.54, 1.807) is 21.9 Å². The van der Waals surface area contributed by atoms with Crippen molar-refractivity contribution < 1.29 is 14.0 Å². The lowest BCUT2D eigenvalue weighted by atomic mass is 9.91. The summed E-state index contributed by atoms with van der Waals surface area (Å²) >= 11 is 1.85. The van der Waals surface area contributed by atoms with E-state index in [0.717, 1.165) is 25.1 Å². The highest BCUT2D eigenvalue weighted by Crippen LogP contribution is 2.34. The van der Waals surface area contributed by atoms with Crippen LogP contribution < -0.4 is 0 Å². The third-order valence-corrected chi connectivity index (χ3v) is 8.85. The van der Waals surface area contributed by atoms with Crippen LogP contribution in [0.15, 0.2) is 48.5 Å². The molecule has 2 aromatic carbocycles. The fraction of sp³-hybridized carbons (Fsp3) is 0.429. The monoisotopic (exact) mass is 493 g/mol. The molecule has 2 amide bonds. The minimum Gasteiger partial charge on any atom is -0.326 e. The maximum atomic E-state index is 13.7. The Morgan fingerprint density at radius 1 is 1.06 bits per heavy atom. The van der Waals surface area contributed by atoms with E-state index >= 15 is 0 Å². The summed E-state index contributed by atoms with van der Waals surface area (Å²) in [6.45, 7) is 8.96. The largest absolute Gasteiger partial charge is 0.326 e. The van der Waals surface area contributed by atoms with Crippen LogP contribution in [0, 0.1) is 5.82 Å². The van der Waals surface area contributed by atoms with E-state index < -0.39 is 11.6 Å². The minimum absolute atomic E-state index is 0.00676. The molecule has 2 aliphatic heterocycles. The summed E-state index contributed by atoms with van der Waals surface area (Å²) in [5, 5.41) is 1.30. The summed E-state index contributed by atoms with van der Waals surface area (Å²) in [5.41, 5.74) is 1.41. The number of amides is 2. The van der Waals surface area contributed by atoms with Gasteiger partial charge in [-0.25, -0.2) is 4.39 Å². The molecular weight excluding hydrogens is 461 g/mol. The summed E-state index contributed by atoms with van der Waals surface area (Å²) < 4.78 is 14.6. The molecule has 0 saturated carbocycles. The van der Waals surface area contributed by atoms with Crippen LogP contribution in [0.1, 0.15) is 36.8 Å². The molecule has 3 heterocycles. The van der Waals surface area contributed by atoms with Gasteiger partial charge in [0.25, 0.3) is 0 Å². The predicted octanol–water partition coefficient (Wildman–Crippen LogP) is 4.48. The molecule has 2 fully saturated rings. The molecule has 0 N–H and O–H groups in total. The lowest BCUT2D eigenvalue weighted by Gasteiger charge is -2.52. The zero-order valence-corrected chi connectivity index (χ0v) is 21.4. The second-order valence-electron chi connectivity index (χ2n) is 10.0. The molecule has 5 nitrogen and oxygen atoms in total. The highest BCUT2D eigenvalue weighted by Gasteiger charge is 2.52. The Balaban J connectivity index is 1.35. The summed E-state index contributed by atoms with van der Waals surface area (Å²) in [6, 6.07) is 14.4. The van der Waals surface area contributed by atoms with Crippen LogP contribution in [0.25, 0.3) is 10.1 Å². The topological polar surface area (TPSA) is 43.9 Å². The Labute approximate surface area is 210 Å². The number of carbonyl (C=O) groups is 2. The van der Waals surface area contributed by atoms with Gasteiger partial charge in [0, 0.05) is 42.3 Å². The van der Waals surface area contributed by atoms with Gasteiger partial charge in [0.05, 0.1) is 0 Å². The molecular formula is C28H32FN3O2S. The van der Waals surface area contributed by atoms with Crippen molar-refractivity contribution in [2.45, 2.75) is 51.7 Å². The fourth-order valence-corrected chi connectivity index (χ4v) is 6.63. The van der Waals surface area contributed by atoms with Gasteiger partial charge in [-0.3, -0.25) is 14.5 Å². The van der Waals surface area contributed by atoms with Crippen molar-refractivity contribution in [3.8, 4) is 0 Å². The number of benzene rings is 2. The van der Waals surface area contributed by atoms with Crippen molar-refractivity contribution in [2.24, 2.45) is 0 Å². The number of piperazine rings is 2. The molecule has 5 rings (SSSR count). The summed E-state index contributed by atoms with van der Waals surface area (Å²) in [7, 11) is 0. The number of hydrogen-bond donors (Lipinski definition) is 0. The van der Waals surface area contributed by atoms with Gasteiger partial charge >= 0.3 is 0 Å². The van der Waals surface area contributed by atoms with Crippen LogP contribution in [0.2, 0.25) is 0 Å². The van der Waals surface area contributed by atoms with Crippen LogP contribution in [-0.2, 0) is 29.0 Å². The summed E-state index contributed by atoms with van der Waals surface area (Å²) in [6.07, 6.45) is 1.57. The van der Waals surface area contributed by atoms with Gasteiger partial charge in [-0.2, -0.15) is 0 Å². The van der Waals surface area contributed by atoms with E-state index in [4.69, 9.17) is 0 Å². The van der Waals surface area contributed by atoms with Crippen LogP contribution in [-0.4, -0.2) is 64.3 Å². The molecule has 1 aromatic heterocycles. The summed E-state index contributed by atoms with van der Waals surface area (Å²) in [4.78, 5) is 34.4. The molecule has 35 heavy (non-hydrogen) atoms. The van der Waals surface area contributed by atoms with Crippen LogP contribution in [0.4, 0.5) is 4.39 Å². The normalized spacial score (nSPS) is 20.5. The second-order valence-corrected chi connectivity index (χ2v) is 11.2. The third kappa shape index (κ3) is 4.36. The standard InChI is InChI=1S/C28H32FN3O2S/c1-4-24-22(21-7-5-6-8-25(21)35-24)17-30-15-16-31-23(18-30)26(33)32(28(2,3)27(31)34)14-13-19-9-11-20(29)12-10-19/h5-12,23H,4,13-18H2,1-3H3. The molecule has 0 aliphatic carbocycles. The van der Waals surface area contributed by atoms with Gasteiger partial charge in [0.1, 0.15) is 17.4 Å². The Kier molecular flexibility index (Phi) is 6.40. The molecule has 184 valence electrons. The fourth-order valence-electron chi connectivity index (χ4n) is 5.47. The zero-order valence-electron chi connectivity index (χ0n) is 20.6. The number of nitrogens with zero attached hydrogens (tertiary/aromatic N) is 3. The number of carbonyl (C=O) groups excluding carboxylic acids is 2. The number of rotatable bonds is 6. The Morgan fingerprint density at radius 3 is 2.54 bits per heavy atom. The van der Waals surface area contributed by atoms with E-state index in [2.05, 4.69) is 36.1 Å². The first-order valence-electron chi connectivity index (χ1n) is 12.4. The Bertz CT molecular complexity index is 1250. The number of hydrogen-bond acceptors (Lipinski definition) is 4. The smallest absolute Gasteiger partial charge is 0.248 e. The lowest BCUT2D eigenvalue weighted by molar-refractivity contribution is -0.172. The third-order valence-electron chi connectivity index (χ3n) is 7.50. The van der Waals surface area contributed by atoms with E-state index in [1.165, 1.54) is 32.7 Å². The van der Waals surface area contributed by atoms with Crippen molar-refractivity contribution in [3.63, 3.8) is 0 Å². The second kappa shape index (κ2) is 9.36. The van der Waals surface area contributed by atoms with Crippen molar-refractivity contribution in [1.29, 1.82) is 0 Å². The Hall–Kier alpha value is -2.77. The average Bonchev–Trinajstić information content (AvgIpc) is 3.21. The number of fused-ring (bicyclic) bond motifs is 2. The van der Waals surface area contributed by atoms with Crippen LogP contribution >= 0.6 is 11.3 Å². The van der Waals surface area contributed by atoms with E-state index in [1.807, 2.05) is 25.2 Å². The maximum Gasteiger partial charge on any atom is 0.248 e. The molecule has 0 spiro atoms. The maximum absolute atomic E-state index is 13.7. The quantitative estimate of drug-likeness (QED) is 0.509. The van der Waals surface area contributed by atoms with Crippen molar-refractivity contribution in [1.82, 2.24) is 14.7 Å². The van der Waals surface area contributed by atoms with Crippen LogP contribution in [0.5, 0.6) is 0 Å². The van der Waals surface area contributed by atoms with Gasteiger partial charge in [0.2, 0.25) is 11.8 Å². The van der Waals surface area contributed by atoms with Crippen molar-refractivity contribution in [2.75, 3.05) is 26.2 Å². The molecule has 2 aliphatic rings. The predicted molar refractivity (Wildman–Crippen MR) is 138 cm³/mol. The average molecular weight is 494 g/mol. The number of thiophene rings is 1. The van der Waals surface area contributed by atoms with Gasteiger partial charge < -0.3 is 9.80 Å². The molecule has 1 unspecified atom stereocenters. The molecule has 2 saturated heterocycles. The van der Waals surface area contributed by atoms with E-state index in [9.17, 15) is 14.0 Å². The molecule has 3 aromatic rings. The molecule has 7 heteroatoms. The number of halogens is 1. The molecule has 0 radical (unpaired) electrons. The van der Waals surface area contributed by atoms with Gasteiger partial charge in [0.15, 0.2) is 0 Å². The zero-order chi connectivity index (χ0) is 24.7. The Morgan fingerprint density at radius 2 is 1.80 bits per heavy atom. The first-order chi connectivity index (χ1) is 16.8. The van der Waals surface area contributed by atoms with Gasteiger partial charge in [-0.1, -0.05) is 37.3 Å². The van der Waals surface area contributed by atoms with E-state index in [-0.39, 0.29) is 17.6 Å². The lowest BCUT2D eigenvalue weighted by Crippen LogP contribution is -2.73. The van der Waals surface area contributed by atoms with E-state index in [0.29, 0.717) is 26.1 Å². The first-order valence-corrected chi connectivity index (χ1v) is 13.2. The first kappa shape index (κ1) is 23.9. The van der Waals surface area contributed by atoms with Crippen molar-refractivity contribution >= 4 is 33.2 Å². The highest BCUT2D eigenvalue weighted by atomic mass is 32.1. The molecule has 0 bridgehead atoms. The molecule has 1 atom stereocenters. The minimum atomic E-state index is -0.894.